The van der Waals surface area contributed by atoms with Crippen molar-refractivity contribution in [1.29, 1.82) is 0 Å². The highest BCUT2D eigenvalue weighted by Gasteiger charge is 2.39. The minimum atomic E-state index is -1.66. The van der Waals surface area contributed by atoms with Gasteiger partial charge in [0.25, 0.3) is 0 Å². The molecule has 7 heteroatoms. The maximum atomic E-state index is 16.3. The molecule has 0 aliphatic heterocycles. The molecule has 0 saturated heterocycles. The van der Waals surface area contributed by atoms with Crippen molar-refractivity contribution in [2.24, 2.45) is 0 Å². The third-order valence-corrected chi connectivity index (χ3v) is 7.79. The fraction of sp³-hybridized carbons (Fsp3) is 0.519. The molecule has 1 N–H and O–H groups in total. The van der Waals surface area contributed by atoms with Crippen LogP contribution in [-0.4, -0.2) is 21.9 Å². The summed E-state index contributed by atoms with van der Waals surface area (Å²) in [7, 11) is 0. The second kappa shape index (κ2) is 10.3. The summed E-state index contributed by atoms with van der Waals surface area (Å²) in [5.41, 5.74) is 3.79. The number of ether oxygens (including phenoxy) is 1. The Morgan fingerprint density at radius 3 is 2.38 bits per heavy atom. The second-order valence-electron chi connectivity index (χ2n) is 10.1. The average Bonchev–Trinajstić information content (AvgIpc) is 3.54. The summed E-state index contributed by atoms with van der Waals surface area (Å²) < 4.78 is 52.6. The molecule has 0 spiro atoms. The van der Waals surface area contributed by atoms with Gasteiger partial charge in [-0.25, -0.2) is 8.78 Å². The maximum Gasteiger partial charge on any atom is 0.307 e. The summed E-state index contributed by atoms with van der Waals surface area (Å²) in [5.74, 6) is -1.97. The smallest absolute Gasteiger partial charge is 0.307 e. The molecule has 0 heterocycles. The van der Waals surface area contributed by atoms with E-state index in [-0.39, 0.29) is 24.5 Å². The van der Waals surface area contributed by atoms with E-state index in [1.54, 1.807) is 34.6 Å². The SMILES string of the molecule is CCOC(=O)C[C@H](N[S@+]([O-])C(C)(C)C)c1c(F)c(-c2ccc(C)cc2C)c(C)c(C2CC2)c1F. The molecule has 0 radical (unpaired) electrons. The van der Waals surface area contributed by atoms with Crippen LogP contribution in [-0.2, 0) is 20.9 Å². The molecule has 1 fully saturated rings. The van der Waals surface area contributed by atoms with Crippen LogP contribution in [0.2, 0.25) is 0 Å². The third-order valence-electron chi connectivity index (χ3n) is 6.17. The largest absolute Gasteiger partial charge is 0.598 e. The molecule has 2 aromatic rings. The molecule has 0 unspecified atom stereocenters. The highest BCUT2D eigenvalue weighted by molar-refractivity contribution is 7.90. The van der Waals surface area contributed by atoms with E-state index in [0.29, 0.717) is 22.3 Å². The van der Waals surface area contributed by atoms with Gasteiger partial charge in [-0.3, -0.25) is 4.79 Å². The van der Waals surface area contributed by atoms with Crippen LogP contribution in [0.3, 0.4) is 0 Å². The van der Waals surface area contributed by atoms with Crippen molar-refractivity contribution in [1.82, 2.24) is 4.72 Å². The number of carbonyl (C=O) groups is 1. The molecule has 1 aliphatic rings. The number of nitrogens with one attached hydrogen (secondary N) is 1. The van der Waals surface area contributed by atoms with E-state index >= 15 is 8.78 Å². The third kappa shape index (κ3) is 5.64. The van der Waals surface area contributed by atoms with Crippen molar-refractivity contribution in [3.8, 4) is 11.1 Å². The molecule has 186 valence electrons. The molecule has 0 bridgehead atoms. The van der Waals surface area contributed by atoms with E-state index in [2.05, 4.69) is 4.72 Å². The van der Waals surface area contributed by atoms with E-state index in [4.69, 9.17) is 4.74 Å². The summed E-state index contributed by atoms with van der Waals surface area (Å²) >= 11 is -1.66. The van der Waals surface area contributed by atoms with Gasteiger partial charge in [0, 0.05) is 22.5 Å². The van der Waals surface area contributed by atoms with Crippen molar-refractivity contribution in [3.05, 3.63) is 57.7 Å². The maximum absolute atomic E-state index is 16.3. The lowest BCUT2D eigenvalue weighted by molar-refractivity contribution is -0.143. The lowest BCUT2D eigenvalue weighted by Crippen LogP contribution is -2.42. The molecular formula is C27H35F2NO3S. The summed E-state index contributed by atoms with van der Waals surface area (Å²) in [6, 6.07) is 4.60. The van der Waals surface area contributed by atoms with Crippen LogP contribution in [0.15, 0.2) is 18.2 Å². The molecule has 34 heavy (non-hydrogen) atoms. The fourth-order valence-electron chi connectivity index (χ4n) is 4.31. The van der Waals surface area contributed by atoms with Gasteiger partial charge in [0.05, 0.1) is 19.1 Å². The van der Waals surface area contributed by atoms with Crippen molar-refractivity contribution in [2.75, 3.05) is 6.61 Å². The highest BCUT2D eigenvalue weighted by atomic mass is 32.2. The molecule has 2 atom stereocenters. The Morgan fingerprint density at radius 2 is 1.85 bits per heavy atom. The fourth-order valence-corrected chi connectivity index (χ4v) is 5.13. The Balaban J connectivity index is 2.25. The van der Waals surface area contributed by atoms with Crippen LogP contribution in [0.5, 0.6) is 0 Å². The monoisotopic (exact) mass is 491 g/mol. The van der Waals surface area contributed by atoms with Gasteiger partial charge in [-0.15, -0.1) is 4.72 Å². The Hall–Kier alpha value is -1.96. The van der Waals surface area contributed by atoms with Gasteiger partial charge in [0.1, 0.15) is 16.4 Å². The number of rotatable bonds is 8. The van der Waals surface area contributed by atoms with E-state index in [1.165, 1.54) is 0 Å². The van der Waals surface area contributed by atoms with Gasteiger partial charge in [-0.2, -0.15) is 0 Å². The van der Waals surface area contributed by atoms with Crippen molar-refractivity contribution in [3.63, 3.8) is 0 Å². The summed E-state index contributed by atoms with van der Waals surface area (Å²) in [4.78, 5) is 12.4. The Labute approximate surface area is 204 Å². The molecule has 0 aromatic heterocycles. The quantitative estimate of drug-likeness (QED) is 0.339. The zero-order valence-corrected chi connectivity index (χ0v) is 21.9. The van der Waals surface area contributed by atoms with Gasteiger partial charge >= 0.3 is 5.97 Å². The molecule has 0 amide bonds. The van der Waals surface area contributed by atoms with Gasteiger partial charge in [0.2, 0.25) is 0 Å². The van der Waals surface area contributed by atoms with Crippen LogP contribution >= 0.6 is 0 Å². The number of carbonyl (C=O) groups excluding carboxylic acids is 1. The molecule has 1 aliphatic carbocycles. The first-order valence-corrected chi connectivity index (χ1v) is 12.9. The minimum absolute atomic E-state index is 0.0141. The molecule has 1 saturated carbocycles. The number of aryl methyl sites for hydroxylation is 2. The number of esters is 1. The Kier molecular flexibility index (Phi) is 8.10. The van der Waals surface area contributed by atoms with Gasteiger partial charge in [-0.05, 0) is 89.5 Å². The number of halogens is 2. The second-order valence-corrected chi connectivity index (χ2v) is 12.1. The standard InChI is InChI=1S/C27H35F2NO3S/c1-8-33-21(31)14-20(30-34(32)27(5,6)7)24-25(28)22(18-10-11-18)17(4)23(26(24)29)19-12-9-15(2)13-16(19)3/h9,12-13,18,20,30H,8,10-11,14H2,1-7H3/t20-,34+/m0/s1. The zero-order valence-electron chi connectivity index (χ0n) is 21.1. The van der Waals surface area contributed by atoms with E-state index in [0.717, 1.165) is 24.0 Å². The molecule has 4 nitrogen and oxygen atoms in total. The van der Waals surface area contributed by atoms with Crippen LogP contribution < -0.4 is 4.72 Å². The van der Waals surface area contributed by atoms with Crippen molar-refractivity contribution < 1.29 is 22.9 Å². The molecule has 2 aromatic carbocycles. The predicted octanol–water partition coefficient (Wildman–Crippen LogP) is 6.48. The topological polar surface area (TPSA) is 61.4 Å². The van der Waals surface area contributed by atoms with Crippen LogP contribution in [0, 0.1) is 32.4 Å². The highest BCUT2D eigenvalue weighted by Crippen LogP contribution is 2.48. The zero-order chi connectivity index (χ0) is 25.4. The number of hydrogen-bond donors (Lipinski definition) is 1. The lowest BCUT2D eigenvalue weighted by atomic mass is 9.86. The average molecular weight is 492 g/mol. The summed E-state index contributed by atoms with van der Waals surface area (Å²) in [6.07, 6.45) is 1.33. The minimum Gasteiger partial charge on any atom is -0.598 e. The number of hydrogen-bond acceptors (Lipinski definition) is 4. The normalized spacial score (nSPS) is 15.8. The van der Waals surface area contributed by atoms with Gasteiger partial charge < -0.3 is 9.29 Å². The first-order chi connectivity index (χ1) is 15.9. The Bertz CT molecular complexity index is 1080. The van der Waals surface area contributed by atoms with Crippen LogP contribution in [0.1, 0.15) is 86.7 Å². The predicted molar refractivity (Wildman–Crippen MR) is 133 cm³/mol. The van der Waals surface area contributed by atoms with Crippen molar-refractivity contribution >= 4 is 17.3 Å². The Morgan fingerprint density at radius 1 is 1.21 bits per heavy atom. The van der Waals surface area contributed by atoms with Gasteiger partial charge in [-0.1, -0.05) is 23.8 Å². The van der Waals surface area contributed by atoms with E-state index < -0.39 is 39.8 Å². The van der Waals surface area contributed by atoms with Crippen molar-refractivity contribution in [2.45, 2.75) is 84.4 Å². The first kappa shape index (κ1) is 26.6. The van der Waals surface area contributed by atoms with Crippen LogP contribution in [0.4, 0.5) is 8.78 Å². The first-order valence-electron chi connectivity index (χ1n) is 11.8. The molecular weight excluding hydrogens is 456 g/mol. The summed E-state index contributed by atoms with van der Waals surface area (Å²) in [5, 5.41) is 0. The molecule has 3 rings (SSSR count). The van der Waals surface area contributed by atoms with E-state index in [9.17, 15) is 9.35 Å². The van der Waals surface area contributed by atoms with E-state index in [1.807, 2.05) is 32.0 Å². The van der Waals surface area contributed by atoms with Gasteiger partial charge in [0.15, 0.2) is 0 Å². The number of benzene rings is 2. The lowest BCUT2D eigenvalue weighted by Gasteiger charge is -2.29. The van der Waals surface area contributed by atoms with Crippen LogP contribution in [0.25, 0.3) is 11.1 Å². The summed E-state index contributed by atoms with van der Waals surface area (Å²) in [6.45, 7) is 12.7.